The molecule has 4 rings (SSSR count). The summed E-state index contributed by atoms with van der Waals surface area (Å²) in [6.07, 6.45) is 0.999. The lowest BCUT2D eigenvalue weighted by atomic mass is 10.0. The van der Waals surface area contributed by atoms with Crippen LogP contribution in [0.25, 0.3) is 10.9 Å². The van der Waals surface area contributed by atoms with E-state index in [9.17, 15) is 0 Å². The molecule has 0 aliphatic carbocycles. The number of hydrogen-bond donors (Lipinski definition) is 2. The van der Waals surface area contributed by atoms with Gasteiger partial charge in [-0.25, -0.2) is 0 Å². The second-order valence-electron chi connectivity index (χ2n) is 6.50. The van der Waals surface area contributed by atoms with Crippen molar-refractivity contribution in [1.82, 2.24) is 9.88 Å². The van der Waals surface area contributed by atoms with E-state index < -0.39 is 0 Å². The number of aryl methyl sites for hydroxylation is 2. The van der Waals surface area contributed by atoms with E-state index in [0.29, 0.717) is 0 Å². The van der Waals surface area contributed by atoms with Gasteiger partial charge in [0.05, 0.1) is 0 Å². The van der Waals surface area contributed by atoms with Crippen LogP contribution in [0.3, 0.4) is 0 Å². The molecule has 0 spiro atoms. The first-order chi connectivity index (χ1) is 11.6. The number of aromatic nitrogens is 1. The molecule has 0 fully saturated rings. The Kier molecular flexibility index (Phi) is 3.77. The average Bonchev–Trinajstić information content (AvgIpc) is 2.96. The topological polar surface area (TPSA) is 31.1 Å². The molecule has 0 unspecified atom stereocenters. The fourth-order valence-corrected chi connectivity index (χ4v) is 3.80. The zero-order valence-corrected chi connectivity index (χ0v) is 14.8. The van der Waals surface area contributed by atoms with Gasteiger partial charge >= 0.3 is 0 Å². The first-order valence-electron chi connectivity index (χ1n) is 8.34. The van der Waals surface area contributed by atoms with Crippen molar-refractivity contribution >= 4 is 33.9 Å². The highest BCUT2D eigenvalue weighted by atomic mass is 32.1. The molecule has 0 radical (unpaired) electrons. The van der Waals surface area contributed by atoms with Crippen LogP contribution in [0.15, 0.2) is 42.5 Å². The summed E-state index contributed by atoms with van der Waals surface area (Å²) in [6, 6.07) is 14.8. The molecule has 0 bridgehead atoms. The predicted octanol–water partition coefficient (Wildman–Crippen LogP) is 4.54. The summed E-state index contributed by atoms with van der Waals surface area (Å²) in [4.78, 5) is 5.82. The summed E-state index contributed by atoms with van der Waals surface area (Å²) in [5.41, 5.74) is 7.53. The van der Waals surface area contributed by atoms with Crippen LogP contribution in [-0.2, 0) is 13.0 Å². The molecule has 0 saturated carbocycles. The molecule has 2 N–H and O–H groups in total. The van der Waals surface area contributed by atoms with Crippen molar-refractivity contribution in [2.24, 2.45) is 0 Å². The molecule has 2 heterocycles. The van der Waals surface area contributed by atoms with Crippen LogP contribution in [0.2, 0.25) is 0 Å². The van der Waals surface area contributed by atoms with Crippen LogP contribution in [0.4, 0.5) is 5.69 Å². The molecule has 0 atom stereocenters. The zero-order chi connectivity index (χ0) is 16.7. The number of anilines is 1. The van der Waals surface area contributed by atoms with Crippen LogP contribution in [0.5, 0.6) is 0 Å². The SMILES string of the molecule is Cc1cccc(C)c1NC(=S)N1CCc2[nH]c3ccccc3c2C1. The maximum Gasteiger partial charge on any atom is 0.173 e. The Balaban J connectivity index is 1.59. The molecule has 1 aliphatic rings. The summed E-state index contributed by atoms with van der Waals surface area (Å²) < 4.78 is 0. The molecule has 0 saturated heterocycles. The van der Waals surface area contributed by atoms with Crippen molar-refractivity contribution in [2.45, 2.75) is 26.8 Å². The van der Waals surface area contributed by atoms with Crippen molar-refractivity contribution in [3.05, 3.63) is 64.8 Å². The third kappa shape index (κ3) is 2.57. The minimum Gasteiger partial charge on any atom is -0.358 e. The number of nitrogens with zero attached hydrogens (tertiary/aromatic N) is 1. The maximum absolute atomic E-state index is 5.71. The highest BCUT2D eigenvalue weighted by molar-refractivity contribution is 7.80. The highest BCUT2D eigenvalue weighted by Gasteiger charge is 2.22. The van der Waals surface area contributed by atoms with E-state index in [1.807, 2.05) is 0 Å². The molecule has 3 aromatic rings. The van der Waals surface area contributed by atoms with Crippen molar-refractivity contribution in [1.29, 1.82) is 0 Å². The first-order valence-corrected chi connectivity index (χ1v) is 8.75. The summed E-state index contributed by atoms with van der Waals surface area (Å²) in [6.45, 7) is 6.03. The smallest absolute Gasteiger partial charge is 0.173 e. The van der Waals surface area contributed by atoms with E-state index in [2.05, 4.69) is 71.5 Å². The van der Waals surface area contributed by atoms with Gasteiger partial charge in [-0.05, 0) is 43.3 Å². The van der Waals surface area contributed by atoms with Gasteiger partial charge in [0, 0.05) is 47.4 Å². The van der Waals surface area contributed by atoms with Gasteiger partial charge in [-0.1, -0.05) is 36.4 Å². The van der Waals surface area contributed by atoms with Crippen LogP contribution < -0.4 is 5.32 Å². The summed E-state index contributed by atoms with van der Waals surface area (Å²) in [7, 11) is 0. The summed E-state index contributed by atoms with van der Waals surface area (Å²) >= 11 is 5.71. The van der Waals surface area contributed by atoms with E-state index >= 15 is 0 Å². The van der Waals surface area contributed by atoms with Gasteiger partial charge in [0.1, 0.15) is 0 Å². The number of H-pyrrole nitrogens is 1. The van der Waals surface area contributed by atoms with E-state index in [4.69, 9.17) is 12.2 Å². The molecule has 1 aliphatic heterocycles. The predicted molar refractivity (Wildman–Crippen MR) is 105 cm³/mol. The van der Waals surface area contributed by atoms with Gasteiger partial charge in [-0.15, -0.1) is 0 Å². The molecule has 3 nitrogen and oxygen atoms in total. The molecule has 122 valence electrons. The van der Waals surface area contributed by atoms with Crippen molar-refractivity contribution in [3.63, 3.8) is 0 Å². The van der Waals surface area contributed by atoms with Gasteiger partial charge < -0.3 is 15.2 Å². The van der Waals surface area contributed by atoms with Crippen molar-refractivity contribution < 1.29 is 0 Å². The van der Waals surface area contributed by atoms with Crippen LogP contribution in [0.1, 0.15) is 22.4 Å². The minimum absolute atomic E-state index is 0.809. The summed E-state index contributed by atoms with van der Waals surface area (Å²) in [5, 5.41) is 5.59. The Morgan fingerprint density at radius 1 is 1.08 bits per heavy atom. The number of benzene rings is 2. The Bertz CT molecular complexity index is 906. The van der Waals surface area contributed by atoms with Gasteiger partial charge in [-0.3, -0.25) is 0 Å². The lowest BCUT2D eigenvalue weighted by molar-refractivity contribution is 0.399. The monoisotopic (exact) mass is 335 g/mol. The average molecular weight is 335 g/mol. The van der Waals surface area contributed by atoms with Crippen LogP contribution >= 0.6 is 12.2 Å². The second kappa shape index (κ2) is 5.95. The Labute approximate surface area is 147 Å². The summed E-state index contributed by atoms with van der Waals surface area (Å²) in [5.74, 6) is 0. The quantitative estimate of drug-likeness (QED) is 0.640. The van der Waals surface area contributed by atoms with Crippen LogP contribution in [0, 0.1) is 13.8 Å². The molecule has 1 aromatic heterocycles. The normalized spacial score (nSPS) is 13.8. The van der Waals surface area contributed by atoms with Gasteiger partial charge in [-0.2, -0.15) is 0 Å². The number of thiocarbonyl (C=S) groups is 1. The largest absolute Gasteiger partial charge is 0.358 e. The fraction of sp³-hybridized carbons (Fsp3) is 0.250. The molecule has 4 heteroatoms. The van der Waals surface area contributed by atoms with E-state index in [1.165, 1.54) is 33.3 Å². The van der Waals surface area contributed by atoms with E-state index in [0.717, 1.165) is 30.3 Å². The first kappa shape index (κ1) is 15.2. The highest BCUT2D eigenvalue weighted by Crippen LogP contribution is 2.28. The van der Waals surface area contributed by atoms with E-state index in [-0.39, 0.29) is 0 Å². The molecule has 24 heavy (non-hydrogen) atoms. The Morgan fingerprint density at radius 2 is 1.83 bits per heavy atom. The van der Waals surface area contributed by atoms with Gasteiger partial charge in [0.2, 0.25) is 0 Å². The number of fused-ring (bicyclic) bond motifs is 3. The third-order valence-corrected chi connectivity index (χ3v) is 5.24. The number of para-hydroxylation sites is 2. The number of aromatic amines is 1. The lowest BCUT2D eigenvalue weighted by Gasteiger charge is -2.30. The standard InChI is InChI=1S/C20H21N3S/c1-13-6-5-7-14(2)19(13)22-20(24)23-11-10-18-16(12-23)15-8-3-4-9-17(15)21-18/h3-9,21H,10-12H2,1-2H3,(H,22,24). The number of nitrogens with one attached hydrogen (secondary N) is 2. The number of rotatable bonds is 1. The third-order valence-electron chi connectivity index (χ3n) is 4.88. The molecular formula is C20H21N3S. The zero-order valence-electron chi connectivity index (χ0n) is 14.0. The Hall–Kier alpha value is -2.33. The Morgan fingerprint density at radius 3 is 2.62 bits per heavy atom. The lowest BCUT2D eigenvalue weighted by Crippen LogP contribution is -2.38. The van der Waals surface area contributed by atoms with Crippen molar-refractivity contribution in [3.8, 4) is 0 Å². The minimum atomic E-state index is 0.809. The fourth-order valence-electron chi connectivity index (χ4n) is 3.54. The van der Waals surface area contributed by atoms with E-state index in [1.54, 1.807) is 0 Å². The number of hydrogen-bond acceptors (Lipinski definition) is 1. The molecule has 0 amide bonds. The maximum atomic E-state index is 5.71. The second-order valence-corrected chi connectivity index (χ2v) is 6.88. The molecule has 2 aromatic carbocycles. The molecular weight excluding hydrogens is 314 g/mol. The van der Waals surface area contributed by atoms with Crippen molar-refractivity contribution in [2.75, 3.05) is 11.9 Å². The van der Waals surface area contributed by atoms with Crippen LogP contribution in [-0.4, -0.2) is 21.5 Å². The van der Waals surface area contributed by atoms with Gasteiger partial charge in [0.15, 0.2) is 5.11 Å². The van der Waals surface area contributed by atoms with Gasteiger partial charge in [0.25, 0.3) is 0 Å².